The topological polar surface area (TPSA) is 40.5 Å². The van der Waals surface area contributed by atoms with Crippen LogP contribution >= 0.6 is 0 Å². The van der Waals surface area contributed by atoms with E-state index in [1.807, 2.05) is 0 Å². The zero-order chi connectivity index (χ0) is 10.9. The van der Waals surface area contributed by atoms with Crippen molar-refractivity contribution in [2.75, 3.05) is 0 Å². The van der Waals surface area contributed by atoms with Crippen LogP contribution in [0.3, 0.4) is 0 Å². The Balaban J connectivity index is 3.15. The van der Waals surface area contributed by atoms with Crippen molar-refractivity contribution in [1.29, 1.82) is 0 Å². The molecule has 0 spiro atoms. The van der Waals surface area contributed by atoms with Crippen molar-refractivity contribution in [3.63, 3.8) is 0 Å². The first-order valence-corrected chi connectivity index (χ1v) is 3.94. The Kier molecular flexibility index (Phi) is 3.13. The van der Waals surface area contributed by atoms with Gasteiger partial charge < -0.3 is 10.2 Å². The molecule has 78 valence electrons. The minimum Gasteiger partial charge on any atom is -0.390 e. The van der Waals surface area contributed by atoms with E-state index in [-0.39, 0.29) is 0 Å². The molecule has 1 aromatic carbocycles. The van der Waals surface area contributed by atoms with E-state index >= 15 is 0 Å². The van der Waals surface area contributed by atoms with E-state index in [9.17, 15) is 18.3 Å². The summed E-state index contributed by atoms with van der Waals surface area (Å²) in [7, 11) is 0. The first-order chi connectivity index (χ1) is 6.43. The Morgan fingerprint density at radius 3 is 2.00 bits per heavy atom. The molecule has 1 rings (SSSR count). The van der Waals surface area contributed by atoms with Crippen molar-refractivity contribution in [2.45, 2.75) is 19.1 Å². The molecule has 2 unspecified atom stereocenters. The van der Waals surface area contributed by atoms with Crippen LogP contribution in [0.5, 0.6) is 0 Å². The van der Waals surface area contributed by atoms with Gasteiger partial charge in [-0.15, -0.1) is 0 Å². The summed E-state index contributed by atoms with van der Waals surface area (Å²) in [4.78, 5) is 0. The Morgan fingerprint density at radius 2 is 1.50 bits per heavy atom. The molecule has 2 N–H and O–H groups in total. The van der Waals surface area contributed by atoms with Gasteiger partial charge in [0, 0.05) is 11.6 Å². The van der Waals surface area contributed by atoms with E-state index in [0.29, 0.717) is 12.1 Å². The number of halogens is 3. The minimum atomic E-state index is -1.56. The standard InChI is InChI=1S/C9H9F3O2/c1-4(13)9(14)5-2-7(11)8(12)3-6(5)10/h2-4,9,13-14H,1H3. The Morgan fingerprint density at radius 1 is 1.00 bits per heavy atom. The third-order valence-corrected chi connectivity index (χ3v) is 1.82. The van der Waals surface area contributed by atoms with Crippen LogP contribution in [0.2, 0.25) is 0 Å². The third kappa shape index (κ3) is 2.05. The average molecular weight is 206 g/mol. The van der Waals surface area contributed by atoms with Crippen molar-refractivity contribution in [2.24, 2.45) is 0 Å². The van der Waals surface area contributed by atoms with Crippen LogP contribution in [0.1, 0.15) is 18.6 Å². The number of aliphatic hydroxyl groups is 2. The second kappa shape index (κ2) is 3.98. The lowest BCUT2D eigenvalue weighted by Crippen LogP contribution is -2.15. The van der Waals surface area contributed by atoms with Gasteiger partial charge in [-0.25, -0.2) is 13.2 Å². The van der Waals surface area contributed by atoms with Crippen LogP contribution in [-0.4, -0.2) is 16.3 Å². The molecular weight excluding hydrogens is 197 g/mol. The lowest BCUT2D eigenvalue weighted by molar-refractivity contribution is 0.0280. The molecule has 1 aromatic rings. The van der Waals surface area contributed by atoms with Crippen molar-refractivity contribution >= 4 is 0 Å². The highest BCUT2D eigenvalue weighted by atomic mass is 19.2. The lowest BCUT2D eigenvalue weighted by atomic mass is 10.0. The fraction of sp³-hybridized carbons (Fsp3) is 0.333. The highest BCUT2D eigenvalue weighted by Crippen LogP contribution is 2.22. The number of rotatable bonds is 2. The summed E-state index contributed by atoms with van der Waals surface area (Å²) in [6, 6.07) is 0.859. The molecule has 0 saturated carbocycles. The molecule has 0 aliphatic carbocycles. The fourth-order valence-corrected chi connectivity index (χ4v) is 1.02. The van der Waals surface area contributed by atoms with Gasteiger partial charge in [0.2, 0.25) is 0 Å². The maximum Gasteiger partial charge on any atom is 0.161 e. The molecule has 14 heavy (non-hydrogen) atoms. The molecule has 0 fully saturated rings. The summed E-state index contributed by atoms with van der Waals surface area (Å²) >= 11 is 0. The minimum absolute atomic E-state index is 0.330. The number of hydrogen-bond donors (Lipinski definition) is 2. The van der Waals surface area contributed by atoms with Gasteiger partial charge in [0.25, 0.3) is 0 Å². The molecule has 2 atom stereocenters. The predicted molar refractivity (Wildman–Crippen MR) is 43.0 cm³/mol. The number of benzene rings is 1. The summed E-state index contributed by atoms with van der Waals surface area (Å²) in [5.74, 6) is -3.68. The van der Waals surface area contributed by atoms with E-state index in [1.165, 1.54) is 6.92 Å². The van der Waals surface area contributed by atoms with E-state index in [2.05, 4.69) is 0 Å². The summed E-state index contributed by atoms with van der Waals surface area (Å²) in [5.41, 5.74) is -0.459. The maximum absolute atomic E-state index is 13.0. The van der Waals surface area contributed by atoms with Gasteiger partial charge in [-0.05, 0) is 13.0 Å². The summed E-state index contributed by atoms with van der Waals surface area (Å²) in [5, 5.41) is 18.1. The SMILES string of the molecule is CC(O)C(O)c1cc(F)c(F)cc1F. The van der Waals surface area contributed by atoms with Gasteiger partial charge in [0.15, 0.2) is 11.6 Å². The smallest absolute Gasteiger partial charge is 0.161 e. The Bertz CT molecular complexity index is 339. The van der Waals surface area contributed by atoms with Crippen molar-refractivity contribution in [1.82, 2.24) is 0 Å². The normalized spacial score (nSPS) is 15.3. The van der Waals surface area contributed by atoms with Gasteiger partial charge >= 0.3 is 0 Å². The Hall–Kier alpha value is -1.07. The maximum atomic E-state index is 13.0. The van der Waals surface area contributed by atoms with E-state index in [0.717, 1.165) is 0 Å². The van der Waals surface area contributed by atoms with Gasteiger partial charge in [0.05, 0.1) is 6.10 Å². The molecule has 5 heteroatoms. The molecule has 0 bridgehead atoms. The monoisotopic (exact) mass is 206 g/mol. The zero-order valence-corrected chi connectivity index (χ0v) is 7.34. The molecule has 0 heterocycles. The molecule has 0 radical (unpaired) electrons. The zero-order valence-electron chi connectivity index (χ0n) is 7.34. The largest absolute Gasteiger partial charge is 0.390 e. The molecular formula is C9H9F3O2. The second-order valence-corrected chi connectivity index (χ2v) is 2.97. The lowest BCUT2D eigenvalue weighted by Gasteiger charge is -2.14. The Labute approximate surface area is 78.6 Å². The van der Waals surface area contributed by atoms with Crippen LogP contribution in [0.4, 0.5) is 13.2 Å². The highest BCUT2D eigenvalue weighted by Gasteiger charge is 2.20. The van der Waals surface area contributed by atoms with Crippen molar-refractivity contribution in [3.8, 4) is 0 Å². The molecule has 2 nitrogen and oxygen atoms in total. The molecule has 0 amide bonds. The van der Waals surface area contributed by atoms with Gasteiger partial charge in [-0.2, -0.15) is 0 Å². The highest BCUT2D eigenvalue weighted by molar-refractivity contribution is 5.22. The fourth-order valence-electron chi connectivity index (χ4n) is 1.02. The van der Waals surface area contributed by atoms with Crippen LogP contribution in [0, 0.1) is 17.5 Å². The first-order valence-electron chi connectivity index (χ1n) is 3.94. The summed E-state index contributed by atoms with van der Waals surface area (Å²) in [6.45, 7) is 1.21. The van der Waals surface area contributed by atoms with E-state index < -0.39 is 35.2 Å². The van der Waals surface area contributed by atoms with Gasteiger partial charge in [0.1, 0.15) is 11.9 Å². The summed E-state index contributed by atoms with van der Waals surface area (Å²) < 4.78 is 38.1. The number of aliphatic hydroxyl groups excluding tert-OH is 2. The van der Waals surface area contributed by atoms with Crippen LogP contribution in [-0.2, 0) is 0 Å². The molecule has 0 aliphatic heterocycles. The molecule has 0 saturated heterocycles. The first kappa shape index (κ1) is 11.0. The van der Waals surface area contributed by atoms with E-state index in [4.69, 9.17) is 5.11 Å². The summed E-state index contributed by atoms with van der Waals surface area (Å²) in [6.07, 6.45) is -2.82. The van der Waals surface area contributed by atoms with Gasteiger partial charge in [-0.1, -0.05) is 0 Å². The number of hydrogen-bond acceptors (Lipinski definition) is 2. The van der Waals surface area contributed by atoms with E-state index in [1.54, 1.807) is 0 Å². The van der Waals surface area contributed by atoms with Gasteiger partial charge in [-0.3, -0.25) is 0 Å². The van der Waals surface area contributed by atoms with Crippen molar-refractivity contribution in [3.05, 3.63) is 35.1 Å². The average Bonchev–Trinajstić information content (AvgIpc) is 2.10. The van der Waals surface area contributed by atoms with Crippen molar-refractivity contribution < 1.29 is 23.4 Å². The van der Waals surface area contributed by atoms with Crippen LogP contribution < -0.4 is 0 Å². The molecule has 0 aromatic heterocycles. The third-order valence-electron chi connectivity index (χ3n) is 1.82. The predicted octanol–water partition coefficient (Wildman–Crippen LogP) is 1.52. The quantitative estimate of drug-likeness (QED) is 0.720. The van der Waals surface area contributed by atoms with Crippen LogP contribution in [0.25, 0.3) is 0 Å². The molecule has 0 aliphatic rings. The van der Waals surface area contributed by atoms with Crippen LogP contribution in [0.15, 0.2) is 12.1 Å². The second-order valence-electron chi connectivity index (χ2n) is 2.97.